The van der Waals surface area contributed by atoms with Gasteiger partial charge in [0.1, 0.15) is 9.84 Å². The molecule has 0 fully saturated rings. The van der Waals surface area contributed by atoms with Gasteiger partial charge in [-0.2, -0.15) is 0 Å². The predicted molar refractivity (Wildman–Crippen MR) is 72.0 cm³/mol. The maximum absolute atomic E-state index is 11.1. The van der Waals surface area contributed by atoms with E-state index in [0.29, 0.717) is 0 Å². The van der Waals surface area contributed by atoms with Gasteiger partial charge in [-0.25, -0.2) is 8.42 Å². The van der Waals surface area contributed by atoms with E-state index in [1.54, 1.807) is 0 Å². The highest BCUT2D eigenvalue weighted by Gasteiger charge is 2.12. The Morgan fingerprint density at radius 3 is 2.38 bits per heavy atom. The lowest BCUT2D eigenvalue weighted by Crippen LogP contribution is -2.16. The van der Waals surface area contributed by atoms with Crippen molar-refractivity contribution in [2.45, 2.75) is 25.1 Å². The molecule has 0 aliphatic carbocycles. The Hall–Kier alpha value is -0.350. The Morgan fingerprint density at radius 2 is 1.88 bits per heavy atom. The molecule has 0 aliphatic rings. The smallest absolute Gasteiger partial charge is 0.148 e. The first-order valence-corrected chi connectivity index (χ1v) is 8.13. The first-order valence-electron chi connectivity index (χ1n) is 5.16. The fourth-order valence-electron chi connectivity index (χ4n) is 1.57. The van der Waals surface area contributed by atoms with Crippen LogP contribution >= 0.6 is 15.9 Å². The van der Waals surface area contributed by atoms with E-state index >= 15 is 0 Å². The van der Waals surface area contributed by atoms with Crippen molar-refractivity contribution in [2.75, 3.05) is 12.0 Å². The number of hydrogen-bond donors (Lipinski definition) is 0. The lowest BCUT2D eigenvalue weighted by molar-refractivity contribution is 0.600. The van der Waals surface area contributed by atoms with Crippen LogP contribution in [0.25, 0.3) is 0 Å². The summed E-state index contributed by atoms with van der Waals surface area (Å²) in [7, 11) is -2.91. The highest BCUT2D eigenvalue weighted by Crippen LogP contribution is 2.15. The minimum atomic E-state index is -2.91. The van der Waals surface area contributed by atoms with Gasteiger partial charge in [-0.1, -0.05) is 34.1 Å². The molecule has 16 heavy (non-hydrogen) atoms. The van der Waals surface area contributed by atoms with Gasteiger partial charge in [0.15, 0.2) is 0 Å². The molecule has 1 rings (SSSR count). The summed E-state index contributed by atoms with van der Waals surface area (Å²) >= 11 is 3.41. The van der Waals surface area contributed by atoms with E-state index in [1.165, 1.54) is 22.9 Å². The van der Waals surface area contributed by atoms with Gasteiger partial charge in [0, 0.05) is 11.1 Å². The fraction of sp³-hybridized carbons (Fsp3) is 0.500. The van der Waals surface area contributed by atoms with Gasteiger partial charge in [-0.15, -0.1) is 0 Å². The molecule has 1 aromatic rings. The minimum Gasteiger partial charge on any atom is -0.229 e. The van der Waals surface area contributed by atoms with E-state index in [1.807, 2.05) is 0 Å². The van der Waals surface area contributed by atoms with Crippen LogP contribution in [0, 0.1) is 13.8 Å². The van der Waals surface area contributed by atoms with Crippen molar-refractivity contribution >= 4 is 25.8 Å². The van der Waals surface area contributed by atoms with Crippen LogP contribution in [0.15, 0.2) is 18.2 Å². The summed E-state index contributed by atoms with van der Waals surface area (Å²) in [6.07, 6.45) is 2.01. The zero-order valence-electron chi connectivity index (χ0n) is 9.83. The molecule has 0 spiro atoms. The zero-order chi connectivity index (χ0) is 12.3. The van der Waals surface area contributed by atoms with Crippen molar-refractivity contribution in [1.82, 2.24) is 0 Å². The first-order chi connectivity index (χ1) is 7.28. The fourth-order valence-corrected chi connectivity index (χ4v) is 4.16. The normalized spacial score (nSPS) is 13.8. The van der Waals surface area contributed by atoms with Crippen molar-refractivity contribution in [2.24, 2.45) is 0 Å². The topological polar surface area (TPSA) is 34.1 Å². The molecule has 1 atom stereocenters. The van der Waals surface area contributed by atoms with E-state index in [0.717, 1.165) is 6.42 Å². The molecule has 0 aromatic heterocycles. The highest BCUT2D eigenvalue weighted by molar-refractivity contribution is 9.09. The van der Waals surface area contributed by atoms with Gasteiger partial charge < -0.3 is 0 Å². The van der Waals surface area contributed by atoms with Gasteiger partial charge in [-0.3, -0.25) is 0 Å². The summed E-state index contributed by atoms with van der Waals surface area (Å²) in [4.78, 5) is -0.00962. The minimum absolute atomic E-state index is 0.00962. The molecule has 90 valence electrons. The number of hydrogen-bond acceptors (Lipinski definition) is 2. The van der Waals surface area contributed by atoms with Gasteiger partial charge in [-0.05, 0) is 37.0 Å². The number of sulfone groups is 1. The Balaban J connectivity index is 2.70. The number of alkyl halides is 1. The molecule has 4 heteroatoms. The van der Waals surface area contributed by atoms with Crippen LogP contribution in [0.3, 0.4) is 0 Å². The Morgan fingerprint density at radius 1 is 1.25 bits per heavy atom. The summed E-state index contributed by atoms with van der Waals surface area (Å²) in [5, 5.41) is 0. The summed E-state index contributed by atoms with van der Waals surface area (Å²) in [6, 6.07) is 6.25. The predicted octanol–water partition coefficient (Wildman–Crippen LogP) is 2.65. The van der Waals surface area contributed by atoms with Crippen molar-refractivity contribution in [1.29, 1.82) is 0 Å². The zero-order valence-corrected chi connectivity index (χ0v) is 12.2. The second kappa shape index (κ2) is 5.32. The van der Waals surface area contributed by atoms with E-state index in [9.17, 15) is 8.42 Å². The molecule has 1 aromatic carbocycles. The molecular formula is C12H17BrO2S. The number of rotatable bonds is 4. The van der Waals surface area contributed by atoms with E-state index in [4.69, 9.17) is 0 Å². The highest BCUT2D eigenvalue weighted by atomic mass is 79.9. The average Bonchev–Trinajstić information content (AvgIpc) is 2.08. The molecule has 0 saturated carbocycles. The van der Waals surface area contributed by atoms with Crippen molar-refractivity contribution in [3.63, 3.8) is 0 Å². The molecule has 0 N–H and O–H groups in total. The average molecular weight is 305 g/mol. The van der Waals surface area contributed by atoms with Crippen LogP contribution in [-0.4, -0.2) is 25.3 Å². The molecule has 0 bridgehead atoms. The van der Waals surface area contributed by atoms with Crippen molar-refractivity contribution in [3.8, 4) is 0 Å². The van der Waals surface area contributed by atoms with Crippen molar-refractivity contribution < 1.29 is 8.42 Å². The largest absolute Gasteiger partial charge is 0.229 e. The van der Waals surface area contributed by atoms with E-state index in [2.05, 4.69) is 48.0 Å². The Kier molecular flexibility index (Phi) is 4.56. The third-order valence-corrected chi connectivity index (χ3v) is 4.60. The van der Waals surface area contributed by atoms with Crippen LogP contribution in [0.5, 0.6) is 0 Å². The standard InChI is InChI=1S/C12H17BrO2S/c1-9-4-5-11(6-10(9)2)7-12(13)8-16(3,14)15/h4-6,12H,7-8H2,1-3H3. The Labute approximate surface area is 106 Å². The van der Waals surface area contributed by atoms with Crippen molar-refractivity contribution in [3.05, 3.63) is 34.9 Å². The lowest BCUT2D eigenvalue weighted by atomic mass is 10.0. The molecule has 0 saturated heterocycles. The third-order valence-electron chi connectivity index (χ3n) is 2.51. The maximum atomic E-state index is 11.1. The van der Waals surface area contributed by atoms with Crippen LogP contribution in [0.1, 0.15) is 16.7 Å². The summed E-state index contributed by atoms with van der Waals surface area (Å²) in [5.41, 5.74) is 3.68. The number of aryl methyl sites for hydroxylation is 2. The molecule has 0 amide bonds. The van der Waals surface area contributed by atoms with Gasteiger partial charge in [0.2, 0.25) is 0 Å². The molecule has 0 radical (unpaired) electrons. The lowest BCUT2D eigenvalue weighted by Gasteiger charge is -2.10. The molecule has 2 nitrogen and oxygen atoms in total. The maximum Gasteiger partial charge on any atom is 0.148 e. The quantitative estimate of drug-likeness (QED) is 0.802. The number of benzene rings is 1. The van der Waals surface area contributed by atoms with Gasteiger partial charge >= 0.3 is 0 Å². The van der Waals surface area contributed by atoms with Crippen LogP contribution in [-0.2, 0) is 16.3 Å². The second-order valence-electron chi connectivity index (χ2n) is 4.31. The Bertz CT molecular complexity index is 466. The SMILES string of the molecule is Cc1ccc(CC(Br)CS(C)(=O)=O)cc1C. The van der Waals surface area contributed by atoms with E-state index < -0.39 is 9.84 Å². The summed E-state index contributed by atoms with van der Waals surface area (Å²) < 4.78 is 22.2. The second-order valence-corrected chi connectivity index (χ2v) is 7.79. The molecule has 1 unspecified atom stereocenters. The molecule has 0 aliphatic heterocycles. The van der Waals surface area contributed by atoms with Crippen LogP contribution in [0.4, 0.5) is 0 Å². The van der Waals surface area contributed by atoms with Gasteiger partial charge in [0.25, 0.3) is 0 Å². The third kappa shape index (κ3) is 4.66. The van der Waals surface area contributed by atoms with Crippen LogP contribution in [0.2, 0.25) is 0 Å². The van der Waals surface area contributed by atoms with Crippen LogP contribution < -0.4 is 0 Å². The summed E-state index contributed by atoms with van der Waals surface area (Å²) in [5.74, 6) is 0.180. The first kappa shape index (κ1) is 13.7. The monoisotopic (exact) mass is 304 g/mol. The summed E-state index contributed by atoms with van der Waals surface area (Å²) in [6.45, 7) is 4.14. The number of halogens is 1. The molecule has 0 heterocycles. The van der Waals surface area contributed by atoms with E-state index in [-0.39, 0.29) is 10.6 Å². The molecular weight excluding hydrogens is 288 g/mol. The van der Waals surface area contributed by atoms with Gasteiger partial charge in [0.05, 0.1) is 5.75 Å².